The minimum absolute atomic E-state index is 0.460. The fourth-order valence-electron chi connectivity index (χ4n) is 1.82. The van der Waals surface area contributed by atoms with Crippen LogP contribution in [0.25, 0.3) is 0 Å². The molecule has 0 amide bonds. The molecule has 16 heavy (non-hydrogen) atoms. The molecule has 1 aromatic rings. The monoisotopic (exact) mass is 237 g/mol. The van der Waals surface area contributed by atoms with E-state index in [4.69, 9.17) is 0 Å². The Bertz CT molecular complexity index is 412. The van der Waals surface area contributed by atoms with Crippen LogP contribution in [0.15, 0.2) is 29.2 Å². The van der Waals surface area contributed by atoms with E-state index in [-0.39, 0.29) is 0 Å². The van der Waals surface area contributed by atoms with E-state index in [1.807, 2.05) is 24.3 Å². The minimum atomic E-state index is -0.900. The Morgan fingerprint density at radius 1 is 1.44 bits per heavy atom. The zero-order chi connectivity index (χ0) is 11.8. The maximum absolute atomic E-state index is 11.4. The molecule has 1 aliphatic rings. The summed E-state index contributed by atoms with van der Waals surface area (Å²) in [5.74, 6) is 0. The van der Waals surface area contributed by atoms with E-state index in [9.17, 15) is 4.21 Å². The van der Waals surface area contributed by atoms with Gasteiger partial charge >= 0.3 is 0 Å². The highest BCUT2D eigenvalue weighted by Gasteiger charge is 2.42. The SMILES string of the molecule is CC(Nc1cccc(S(C)=O)c1)C1(C)CC1. The molecule has 0 aromatic heterocycles. The van der Waals surface area contributed by atoms with Gasteiger partial charge in [-0.2, -0.15) is 0 Å². The van der Waals surface area contributed by atoms with Crippen molar-refractivity contribution in [3.8, 4) is 0 Å². The largest absolute Gasteiger partial charge is 0.382 e. The summed E-state index contributed by atoms with van der Waals surface area (Å²) in [5.41, 5.74) is 1.54. The Morgan fingerprint density at radius 2 is 2.12 bits per heavy atom. The van der Waals surface area contributed by atoms with Crippen LogP contribution >= 0.6 is 0 Å². The van der Waals surface area contributed by atoms with Gasteiger partial charge in [0.1, 0.15) is 0 Å². The zero-order valence-electron chi connectivity index (χ0n) is 10.1. The maximum atomic E-state index is 11.4. The Kier molecular flexibility index (Phi) is 3.06. The van der Waals surface area contributed by atoms with Crippen LogP contribution < -0.4 is 5.32 Å². The van der Waals surface area contributed by atoms with E-state index in [1.54, 1.807) is 6.26 Å². The van der Waals surface area contributed by atoms with Gasteiger partial charge in [-0.05, 0) is 43.4 Å². The van der Waals surface area contributed by atoms with Crippen molar-refractivity contribution < 1.29 is 4.21 Å². The lowest BCUT2D eigenvalue weighted by molar-refractivity contribution is 0.493. The highest BCUT2D eigenvalue weighted by atomic mass is 32.2. The predicted molar refractivity (Wildman–Crippen MR) is 69.2 cm³/mol. The third-order valence-corrected chi connectivity index (χ3v) is 4.55. The van der Waals surface area contributed by atoms with E-state index >= 15 is 0 Å². The molecule has 2 nitrogen and oxygen atoms in total. The van der Waals surface area contributed by atoms with Gasteiger partial charge in [0.05, 0.1) is 0 Å². The van der Waals surface area contributed by atoms with Gasteiger partial charge in [0, 0.05) is 33.7 Å². The summed E-state index contributed by atoms with van der Waals surface area (Å²) < 4.78 is 11.4. The van der Waals surface area contributed by atoms with E-state index in [2.05, 4.69) is 19.2 Å². The lowest BCUT2D eigenvalue weighted by Gasteiger charge is -2.21. The fraction of sp³-hybridized carbons (Fsp3) is 0.538. The van der Waals surface area contributed by atoms with E-state index in [0.29, 0.717) is 11.5 Å². The molecule has 2 atom stereocenters. The average molecular weight is 237 g/mol. The second-order valence-electron chi connectivity index (χ2n) is 5.00. The third kappa shape index (κ3) is 2.46. The van der Waals surface area contributed by atoms with Crippen LogP contribution in [0.4, 0.5) is 5.69 Å². The van der Waals surface area contributed by atoms with Gasteiger partial charge in [0.25, 0.3) is 0 Å². The summed E-state index contributed by atoms with van der Waals surface area (Å²) in [6.45, 7) is 4.54. The lowest BCUT2D eigenvalue weighted by atomic mass is 10.0. The van der Waals surface area contributed by atoms with Crippen LogP contribution in [-0.2, 0) is 10.8 Å². The van der Waals surface area contributed by atoms with Gasteiger partial charge in [-0.15, -0.1) is 0 Å². The van der Waals surface area contributed by atoms with Crippen molar-refractivity contribution in [3.05, 3.63) is 24.3 Å². The average Bonchev–Trinajstić information content (AvgIpc) is 2.98. The summed E-state index contributed by atoms with van der Waals surface area (Å²) in [6.07, 6.45) is 4.33. The zero-order valence-corrected chi connectivity index (χ0v) is 10.9. The number of nitrogens with one attached hydrogen (secondary N) is 1. The third-order valence-electron chi connectivity index (χ3n) is 3.63. The summed E-state index contributed by atoms with van der Waals surface area (Å²) >= 11 is 0. The first kappa shape index (κ1) is 11.6. The first-order valence-electron chi connectivity index (χ1n) is 5.71. The molecule has 0 aliphatic heterocycles. The smallest absolute Gasteiger partial charge is 0.0498 e. The number of hydrogen-bond donors (Lipinski definition) is 1. The minimum Gasteiger partial charge on any atom is -0.382 e. The molecule has 1 aliphatic carbocycles. The topological polar surface area (TPSA) is 29.1 Å². The second kappa shape index (κ2) is 4.21. The number of benzene rings is 1. The molecule has 88 valence electrons. The van der Waals surface area contributed by atoms with Crippen LogP contribution in [0, 0.1) is 5.41 Å². The van der Waals surface area contributed by atoms with E-state index in [0.717, 1.165) is 10.6 Å². The van der Waals surface area contributed by atoms with Gasteiger partial charge in [0.15, 0.2) is 0 Å². The van der Waals surface area contributed by atoms with Crippen molar-refractivity contribution >= 4 is 16.5 Å². The van der Waals surface area contributed by atoms with Gasteiger partial charge < -0.3 is 5.32 Å². The summed E-state index contributed by atoms with van der Waals surface area (Å²) in [4.78, 5) is 0.887. The molecular weight excluding hydrogens is 218 g/mol. The molecule has 0 radical (unpaired) electrons. The molecule has 2 unspecified atom stereocenters. The summed E-state index contributed by atoms with van der Waals surface area (Å²) in [7, 11) is -0.900. The van der Waals surface area contributed by atoms with Crippen molar-refractivity contribution in [1.82, 2.24) is 0 Å². The van der Waals surface area contributed by atoms with E-state index in [1.165, 1.54) is 12.8 Å². The van der Waals surface area contributed by atoms with Crippen LogP contribution in [0.3, 0.4) is 0 Å². The Hall–Kier alpha value is -0.830. The van der Waals surface area contributed by atoms with Crippen molar-refractivity contribution in [2.45, 2.75) is 37.6 Å². The fourth-order valence-corrected chi connectivity index (χ4v) is 2.38. The van der Waals surface area contributed by atoms with Gasteiger partial charge in [-0.25, -0.2) is 0 Å². The van der Waals surface area contributed by atoms with Crippen LogP contribution in [-0.4, -0.2) is 16.5 Å². The van der Waals surface area contributed by atoms with Crippen LogP contribution in [0.1, 0.15) is 26.7 Å². The number of hydrogen-bond acceptors (Lipinski definition) is 2. The first-order chi connectivity index (χ1) is 7.51. The molecule has 1 aromatic carbocycles. The number of anilines is 1. The maximum Gasteiger partial charge on any atom is 0.0498 e. The van der Waals surface area contributed by atoms with Crippen LogP contribution in [0.5, 0.6) is 0 Å². The molecular formula is C13H19NOS. The molecule has 1 N–H and O–H groups in total. The highest BCUT2D eigenvalue weighted by Crippen LogP contribution is 2.48. The van der Waals surface area contributed by atoms with E-state index < -0.39 is 10.8 Å². The molecule has 0 saturated heterocycles. The van der Waals surface area contributed by atoms with Crippen LogP contribution in [0.2, 0.25) is 0 Å². The van der Waals surface area contributed by atoms with Crippen molar-refractivity contribution in [3.63, 3.8) is 0 Å². The quantitative estimate of drug-likeness (QED) is 0.872. The molecule has 3 heteroatoms. The standard InChI is InChI=1S/C13H19NOS/c1-10(13(2)7-8-13)14-11-5-4-6-12(9-11)16(3)15/h4-6,9-10,14H,7-8H2,1-3H3. The molecule has 0 bridgehead atoms. The van der Waals surface area contributed by atoms with Crippen molar-refractivity contribution in [2.24, 2.45) is 5.41 Å². The molecule has 1 saturated carbocycles. The van der Waals surface area contributed by atoms with Crippen molar-refractivity contribution in [2.75, 3.05) is 11.6 Å². The molecule has 1 fully saturated rings. The van der Waals surface area contributed by atoms with Gasteiger partial charge in [-0.3, -0.25) is 4.21 Å². The predicted octanol–water partition coefficient (Wildman–Crippen LogP) is 3.02. The second-order valence-corrected chi connectivity index (χ2v) is 6.38. The Balaban J connectivity index is 2.09. The summed E-state index contributed by atoms with van der Waals surface area (Å²) in [6, 6.07) is 8.37. The highest BCUT2D eigenvalue weighted by molar-refractivity contribution is 7.84. The molecule has 0 heterocycles. The Labute approximate surface area is 99.9 Å². The lowest BCUT2D eigenvalue weighted by Crippen LogP contribution is -2.24. The Morgan fingerprint density at radius 3 is 2.69 bits per heavy atom. The first-order valence-corrected chi connectivity index (χ1v) is 7.27. The summed E-state index contributed by atoms with van der Waals surface area (Å²) in [5, 5.41) is 3.51. The van der Waals surface area contributed by atoms with Crippen molar-refractivity contribution in [1.29, 1.82) is 0 Å². The molecule has 0 spiro atoms. The van der Waals surface area contributed by atoms with Gasteiger partial charge in [-0.1, -0.05) is 13.0 Å². The van der Waals surface area contributed by atoms with Gasteiger partial charge in [0.2, 0.25) is 0 Å². The molecule has 2 rings (SSSR count). The number of rotatable bonds is 4. The normalized spacial score (nSPS) is 21.2.